The normalized spacial score (nSPS) is 14.1. The molecule has 25 heavy (non-hydrogen) atoms. The highest BCUT2D eigenvalue weighted by Gasteiger charge is 2.44. The first-order valence-electron chi connectivity index (χ1n) is 7.69. The van der Waals surface area contributed by atoms with E-state index in [9.17, 15) is 14.4 Å². The Morgan fingerprint density at radius 2 is 1.72 bits per heavy atom. The van der Waals surface area contributed by atoms with Gasteiger partial charge in [0.25, 0.3) is 11.8 Å². The topological polar surface area (TPSA) is 97.1 Å². The van der Waals surface area contributed by atoms with Crippen molar-refractivity contribution in [3.63, 3.8) is 0 Å². The zero-order chi connectivity index (χ0) is 18.2. The summed E-state index contributed by atoms with van der Waals surface area (Å²) in [6.07, 6.45) is 0. The summed E-state index contributed by atoms with van der Waals surface area (Å²) in [5.41, 5.74) is -0.0921. The summed E-state index contributed by atoms with van der Waals surface area (Å²) in [4.78, 5) is 37.0. The van der Waals surface area contributed by atoms with Crippen molar-refractivity contribution >= 4 is 17.8 Å². The van der Waals surface area contributed by atoms with E-state index in [-0.39, 0.29) is 30.8 Å². The van der Waals surface area contributed by atoms with E-state index in [4.69, 9.17) is 14.3 Å². The summed E-state index contributed by atoms with van der Waals surface area (Å²) in [6, 6.07) is 9.54. The quantitative estimate of drug-likeness (QED) is 0.810. The van der Waals surface area contributed by atoms with Gasteiger partial charge in [-0.25, -0.2) is 4.79 Å². The van der Waals surface area contributed by atoms with Crippen LogP contribution in [-0.2, 0) is 11.3 Å². The van der Waals surface area contributed by atoms with Crippen LogP contribution in [0.2, 0.25) is 0 Å². The second kappa shape index (κ2) is 6.18. The Balaban J connectivity index is 1.67. The van der Waals surface area contributed by atoms with Crippen molar-refractivity contribution in [2.24, 2.45) is 0 Å². The first-order chi connectivity index (χ1) is 11.8. The molecule has 0 saturated heterocycles. The van der Waals surface area contributed by atoms with Crippen LogP contribution >= 0.6 is 0 Å². The molecule has 2 aromatic rings. The van der Waals surface area contributed by atoms with E-state index in [0.717, 1.165) is 0 Å². The van der Waals surface area contributed by atoms with E-state index >= 15 is 0 Å². The Kier molecular flexibility index (Phi) is 4.18. The molecule has 0 radical (unpaired) electrons. The lowest BCUT2D eigenvalue weighted by Gasteiger charge is -2.33. The average Bonchev–Trinajstić information content (AvgIpc) is 3.12. The maximum Gasteiger partial charge on any atom is 0.371 e. The van der Waals surface area contributed by atoms with Crippen molar-refractivity contribution in [2.45, 2.75) is 26.0 Å². The number of carboxylic acids is 1. The molecule has 1 aromatic carbocycles. The van der Waals surface area contributed by atoms with E-state index in [1.54, 1.807) is 38.1 Å². The molecule has 0 fully saturated rings. The van der Waals surface area contributed by atoms with Gasteiger partial charge in [-0.15, -0.1) is 0 Å². The maximum atomic E-state index is 12.5. The molecule has 0 saturated carbocycles. The van der Waals surface area contributed by atoms with Crippen LogP contribution in [0.5, 0.6) is 0 Å². The van der Waals surface area contributed by atoms with Crippen molar-refractivity contribution in [3.8, 4) is 0 Å². The van der Waals surface area contributed by atoms with Crippen LogP contribution < -0.4 is 0 Å². The fourth-order valence-corrected chi connectivity index (χ4v) is 2.78. The van der Waals surface area contributed by atoms with Crippen LogP contribution in [0.25, 0.3) is 0 Å². The van der Waals surface area contributed by atoms with Gasteiger partial charge in [-0.2, -0.15) is 0 Å². The van der Waals surface area contributed by atoms with E-state index in [2.05, 4.69) is 0 Å². The van der Waals surface area contributed by atoms with E-state index < -0.39 is 11.5 Å². The number of hydrogen-bond donors (Lipinski definition) is 1. The Hall–Kier alpha value is -2.93. The standard InChI is InChI=1S/C18H17NO6/c1-18(2,10-24-9-11-7-8-14(25-11)17(22)23)19-15(20)12-5-3-4-6-13(12)16(19)21/h3-8H,9-10H2,1-2H3,(H,22,23). The number of rotatable bonds is 6. The minimum Gasteiger partial charge on any atom is -0.475 e. The number of ether oxygens (including phenoxy) is 1. The molecule has 7 nitrogen and oxygen atoms in total. The van der Waals surface area contributed by atoms with Gasteiger partial charge in [0.1, 0.15) is 12.4 Å². The van der Waals surface area contributed by atoms with Crippen LogP contribution in [-0.4, -0.2) is 39.9 Å². The summed E-state index contributed by atoms with van der Waals surface area (Å²) in [7, 11) is 0. The second-order valence-electron chi connectivity index (χ2n) is 6.37. The zero-order valence-electron chi connectivity index (χ0n) is 13.8. The van der Waals surface area contributed by atoms with E-state index in [1.807, 2.05) is 0 Å². The van der Waals surface area contributed by atoms with Crippen molar-refractivity contribution in [1.29, 1.82) is 0 Å². The van der Waals surface area contributed by atoms with Crippen LogP contribution in [0.3, 0.4) is 0 Å². The van der Waals surface area contributed by atoms with E-state index in [0.29, 0.717) is 16.9 Å². The van der Waals surface area contributed by atoms with Gasteiger partial charge in [0.05, 0.1) is 23.3 Å². The Bertz CT molecular complexity index is 816. The molecule has 0 atom stereocenters. The molecule has 7 heteroatoms. The molecule has 0 aliphatic carbocycles. The SMILES string of the molecule is CC(C)(COCc1ccc(C(=O)O)o1)N1C(=O)c2ccccc2C1=O. The first-order valence-corrected chi connectivity index (χ1v) is 7.69. The predicted molar refractivity (Wildman–Crippen MR) is 86.3 cm³/mol. The number of nitrogens with zero attached hydrogens (tertiary/aromatic N) is 1. The highest BCUT2D eigenvalue weighted by atomic mass is 16.5. The molecule has 130 valence electrons. The Morgan fingerprint density at radius 1 is 1.12 bits per heavy atom. The third kappa shape index (κ3) is 3.06. The van der Waals surface area contributed by atoms with Gasteiger partial charge >= 0.3 is 5.97 Å². The highest BCUT2D eigenvalue weighted by Crippen LogP contribution is 2.29. The smallest absolute Gasteiger partial charge is 0.371 e. The van der Waals surface area contributed by atoms with Crippen LogP contribution in [0, 0.1) is 0 Å². The van der Waals surface area contributed by atoms with Crippen molar-refractivity contribution in [3.05, 3.63) is 59.0 Å². The molecule has 1 aliphatic rings. The van der Waals surface area contributed by atoms with Crippen molar-refractivity contribution < 1.29 is 28.6 Å². The summed E-state index contributed by atoms with van der Waals surface area (Å²) < 4.78 is 10.7. The number of hydrogen-bond acceptors (Lipinski definition) is 5. The number of benzene rings is 1. The number of aromatic carboxylic acids is 1. The Morgan fingerprint density at radius 3 is 2.24 bits per heavy atom. The summed E-state index contributed by atoms with van der Waals surface area (Å²) in [6.45, 7) is 3.60. The lowest BCUT2D eigenvalue weighted by molar-refractivity contribution is 0.00798. The van der Waals surface area contributed by atoms with Crippen molar-refractivity contribution in [1.82, 2.24) is 4.90 Å². The molecule has 3 rings (SSSR count). The van der Waals surface area contributed by atoms with Crippen LogP contribution in [0.4, 0.5) is 0 Å². The number of carboxylic acid groups (broad SMARTS) is 1. The lowest BCUT2D eigenvalue weighted by atomic mass is 10.0. The van der Waals surface area contributed by atoms with Gasteiger partial charge in [-0.3, -0.25) is 14.5 Å². The number of imide groups is 1. The number of carbonyl (C=O) groups is 3. The maximum absolute atomic E-state index is 12.5. The van der Waals surface area contributed by atoms with Crippen molar-refractivity contribution in [2.75, 3.05) is 6.61 Å². The minimum absolute atomic E-state index is 0.0415. The number of amides is 2. The summed E-state index contributed by atoms with van der Waals surface area (Å²) in [5.74, 6) is -1.66. The number of fused-ring (bicyclic) bond motifs is 1. The zero-order valence-corrected chi connectivity index (χ0v) is 13.8. The molecule has 1 aromatic heterocycles. The van der Waals surface area contributed by atoms with Crippen LogP contribution in [0.1, 0.15) is 50.9 Å². The molecule has 2 heterocycles. The van der Waals surface area contributed by atoms with Gasteiger partial charge in [0, 0.05) is 0 Å². The van der Waals surface area contributed by atoms with E-state index in [1.165, 1.54) is 17.0 Å². The average molecular weight is 343 g/mol. The third-order valence-corrected chi connectivity index (χ3v) is 3.97. The van der Waals surface area contributed by atoms with Gasteiger partial charge < -0.3 is 14.3 Å². The second-order valence-corrected chi connectivity index (χ2v) is 6.37. The highest BCUT2D eigenvalue weighted by molar-refractivity contribution is 6.21. The molecule has 2 amide bonds. The minimum atomic E-state index is -1.15. The molecule has 0 spiro atoms. The molecule has 0 unspecified atom stereocenters. The first kappa shape index (κ1) is 16.9. The molecule has 1 aliphatic heterocycles. The predicted octanol–water partition coefficient (Wildman–Crippen LogP) is 2.57. The molecule has 1 N–H and O–H groups in total. The lowest BCUT2D eigenvalue weighted by Crippen LogP contribution is -2.50. The van der Waals surface area contributed by atoms with Gasteiger partial charge in [0.2, 0.25) is 5.76 Å². The summed E-state index contributed by atoms with van der Waals surface area (Å²) >= 11 is 0. The fourth-order valence-electron chi connectivity index (χ4n) is 2.78. The largest absolute Gasteiger partial charge is 0.475 e. The van der Waals surface area contributed by atoms with Crippen LogP contribution in [0.15, 0.2) is 40.8 Å². The van der Waals surface area contributed by atoms with Gasteiger partial charge in [-0.05, 0) is 38.1 Å². The molecule has 0 bridgehead atoms. The third-order valence-electron chi connectivity index (χ3n) is 3.97. The number of furan rings is 1. The molecular weight excluding hydrogens is 326 g/mol. The van der Waals surface area contributed by atoms with Gasteiger partial charge in [0.15, 0.2) is 0 Å². The summed E-state index contributed by atoms with van der Waals surface area (Å²) in [5, 5.41) is 8.82. The monoisotopic (exact) mass is 343 g/mol. The fraction of sp³-hybridized carbons (Fsp3) is 0.278. The Labute approximate surface area is 143 Å². The molecular formula is C18H17NO6. The number of carbonyl (C=O) groups excluding carboxylic acids is 2. The van der Waals surface area contributed by atoms with Gasteiger partial charge in [-0.1, -0.05) is 12.1 Å².